The highest BCUT2D eigenvalue weighted by molar-refractivity contribution is 5.31. The van der Waals surface area contributed by atoms with Gasteiger partial charge in [0.05, 0.1) is 0 Å². The van der Waals surface area contributed by atoms with Crippen LogP contribution in [-0.2, 0) is 0 Å². The summed E-state index contributed by atoms with van der Waals surface area (Å²) in [7, 11) is 0. The van der Waals surface area contributed by atoms with Gasteiger partial charge in [0.15, 0.2) is 0 Å². The van der Waals surface area contributed by atoms with E-state index in [1.165, 1.54) is 12.8 Å². The summed E-state index contributed by atoms with van der Waals surface area (Å²) in [5.41, 5.74) is 0.408. The molecule has 0 saturated heterocycles. The van der Waals surface area contributed by atoms with Crippen LogP contribution >= 0.6 is 0 Å². The average molecular weight is 188 g/mol. The second-order valence-electron chi connectivity index (χ2n) is 3.65. The maximum absolute atomic E-state index is 8.65. The first-order valence-electron chi connectivity index (χ1n) is 4.79. The van der Waals surface area contributed by atoms with Crippen LogP contribution in [0, 0.1) is 17.2 Å². The van der Waals surface area contributed by atoms with Crippen molar-refractivity contribution in [3.63, 3.8) is 0 Å². The highest BCUT2D eigenvalue weighted by atomic mass is 15.1. The Labute approximate surface area is 83.0 Å². The zero-order chi connectivity index (χ0) is 9.97. The molecule has 1 heterocycles. The van der Waals surface area contributed by atoms with Gasteiger partial charge in [-0.1, -0.05) is 0 Å². The number of nitriles is 1. The summed E-state index contributed by atoms with van der Waals surface area (Å²) in [4.78, 5) is 8.12. The molecule has 1 aromatic rings. The number of nitrogens with zero attached hydrogens (tertiary/aromatic N) is 3. The summed E-state index contributed by atoms with van der Waals surface area (Å²) in [5.74, 6) is 1.31. The lowest BCUT2D eigenvalue weighted by atomic mass is 10.2. The van der Waals surface area contributed by atoms with Crippen molar-refractivity contribution in [3.8, 4) is 6.07 Å². The molecule has 72 valence electrons. The van der Waals surface area contributed by atoms with Crippen LogP contribution < -0.4 is 5.32 Å². The Morgan fingerprint density at radius 3 is 3.07 bits per heavy atom. The molecule has 4 nitrogen and oxygen atoms in total. The lowest BCUT2D eigenvalue weighted by Crippen LogP contribution is -2.19. The Morgan fingerprint density at radius 2 is 2.43 bits per heavy atom. The lowest BCUT2D eigenvalue weighted by molar-refractivity contribution is 0.686. The molecule has 1 atom stereocenters. The van der Waals surface area contributed by atoms with Crippen LogP contribution in [-0.4, -0.2) is 16.0 Å². The second-order valence-corrected chi connectivity index (χ2v) is 3.65. The van der Waals surface area contributed by atoms with Crippen LogP contribution in [0.25, 0.3) is 0 Å². The van der Waals surface area contributed by atoms with E-state index in [9.17, 15) is 0 Å². The number of nitrogens with one attached hydrogen (secondary N) is 1. The molecule has 1 unspecified atom stereocenters. The van der Waals surface area contributed by atoms with E-state index >= 15 is 0 Å². The van der Waals surface area contributed by atoms with Gasteiger partial charge in [0.2, 0.25) is 5.95 Å². The van der Waals surface area contributed by atoms with Crippen molar-refractivity contribution in [2.75, 3.05) is 5.32 Å². The van der Waals surface area contributed by atoms with Crippen LogP contribution in [0.2, 0.25) is 0 Å². The van der Waals surface area contributed by atoms with Crippen molar-refractivity contribution in [1.82, 2.24) is 9.97 Å². The van der Waals surface area contributed by atoms with E-state index in [-0.39, 0.29) is 0 Å². The molecule has 0 amide bonds. The minimum absolute atomic E-state index is 0.406. The van der Waals surface area contributed by atoms with Gasteiger partial charge in [0, 0.05) is 12.2 Å². The molecule has 0 spiro atoms. The second kappa shape index (κ2) is 3.62. The van der Waals surface area contributed by atoms with Gasteiger partial charge in [-0.15, -0.1) is 0 Å². The number of hydrogen-bond donors (Lipinski definition) is 1. The van der Waals surface area contributed by atoms with Crippen molar-refractivity contribution < 1.29 is 0 Å². The Kier molecular flexibility index (Phi) is 2.32. The van der Waals surface area contributed by atoms with Gasteiger partial charge in [-0.3, -0.25) is 0 Å². The third kappa shape index (κ3) is 1.99. The number of rotatable bonds is 3. The third-order valence-corrected chi connectivity index (χ3v) is 2.46. The van der Waals surface area contributed by atoms with E-state index in [1.54, 1.807) is 12.3 Å². The molecular formula is C10H12N4. The number of aromatic nitrogens is 2. The van der Waals surface area contributed by atoms with Crippen LogP contribution in [0.5, 0.6) is 0 Å². The highest BCUT2D eigenvalue weighted by Crippen LogP contribution is 2.33. The zero-order valence-corrected chi connectivity index (χ0v) is 8.07. The Bertz CT molecular complexity index is 365. The first-order valence-corrected chi connectivity index (χ1v) is 4.79. The minimum Gasteiger partial charge on any atom is -0.351 e. The smallest absolute Gasteiger partial charge is 0.224 e. The predicted octanol–water partition coefficient (Wildman–Crippen LogP) is 1.56. The van der Waals surface area contributed by atoms with Crippen molar-refractivity contribution in [3.05, 3.63) is 18.0 Å². The summed E-state index contributed by atoms with van der Waals surface area (Å²) in [6.07, 6.45) is 4.17. The predicted molar refractivity (Wildman–Crippen MR) is 52.6 cm³/mol. The van der Waals surface area contributed by atoms with Crippen LogP contribution in [0.1, 0.15) is 25.5 Å². The molecule has 1 saturated carbocycles. The van der Waals surface area contributed by atoms with Gasteiger partial charge in [-0.25, -0.2) is 9.97 Å². The average Bonchev–Trinajstić information content (AvgIpc) is 3.01. The highest BCUT2D eigenvalue weighted by Gasteiger charge is 2.28. The van der Waals surface area contributed by atoms with Gasteiger partial charge in [-0.05, 0) is 31.7 Å². The maximum Gasteiger partial charge on any atom is 0.224 e. The van der Waals surface area contributed by atoms with Gasteiger partial charge < -0.3 is 5.32 Å². The van der Waals surface area contributed by atoms with E-state index in [4.69, 9.17) is 5.26 Å². The monoisotopic (exact) mass is 188 g/mol. The molecule has 1 aliphatic rings. The minimum atomic E-state index is 0.406. The fourth-order valence-corrected chi connectivity index (χ4v) is 1.41. The third-order valence-electron chi connectivity index (χ3n) is 2.46. The maximum atomic E-state index is 8.65. The first kappa shape index (κ1) is 8.95. The zero-order valence-electron chi connectivity index (χ0n) is 8.07. The van der Waals surface area contributed by atoms with Crippen LogP contribution in [0.15, 0.2) is 12.3 Å². The lowest BCUT2D eigenvalue weighted by Gasteiger charge is -2.11. The Balaban J connectivity index is 2.04. The van der Waals surface area contributed by atoms with E-state index < -0.39 is 0 Å². The first-order chi connectivity index (χ1) is 6.79. The molecule has 0 bridgehead atoms. The molecule has 4 heteroatoms. The molecule has 1 aromatic heterocycles. The topological polar surface area (TPSA) is 61.6 Å². The van der Waals surface area contributed by atoms with Gasteiger partial charge in [0.1, 0.15) is 11.8 Å². The molecule has 2 rings (SSSR count). The van der Waals surface area contributed by atoms with E-state index in [0.717, 1.165) is 5.92 Å². The van der Waals surface area contributed by atoms with Crippen LogP contribution in [0.3, 0.4) is 0 Å². The van der Waals surface area contributed by atoms with Gasteiger partial charge >= 0.3 is 0 Å². The fourth-order valence-electron chi connectivity index (χ4n) is 1.41. The molecule has 0 radical (unpaired) electrons. The largest absolute Gasteiger partial charge is 0.351 e. The quantitative estimate of drug-likeness (QED) is 0.781. The van der Waals surface area contributed by atoms with Crippen molar-refractivity contribution in [2.24, 2.45) is 5.92 Å². The van der Waals surface area contributed by atoms with E-state index in [2.05, 4.69) is 22.2 Å². The van der Waals surface area contributed by atoms with E-state index in [0.29, 0.717) is 17.7 Å². The Hall–Kier alpha value is -1.63. The molecule has 14 heavy (non-hydrogen) atoms. The van der Waals surface area contributed by atoms with Gasteiger partial charge in [0.25, 0.3) is 0 Å². The summed E-state index contributed by atoms with van der Waals surface area (Å²) in [5, 5.41) is 11.9. The number of hydrogen-bond acceptors (Lipinski definition) is 4. The summed E-state index contributed by atoms with van der Waals surface area (Å²) in [6.45, 7) is 2.13. The van der Waals surface area contributed by atoms with Crippen LogP contribution in [0.4, 0.5) is 5.95 Å². The molecule has 0 aromatic carbocycles. The SMILES string of the molecule is CC(Nc1nccc(C#N)n1)C1CC1. The normalized spacial score (nSPS) is 17.1. The fraction of sp³-hybridized carbons (Fsp3) is 0.500. The molecular weight excluding hydrogens is 176 g/mol. The molecule has 1 N–H and O–H groups in total. The van der Waals surface area contributed by atoms with E-state index in [1.807, 2.05) is 6.07 Å². The molecule has 1 fully saturated rings. The molecule has 0 aliphatic heterocycles. The summed E-state index contributed by atoms with van der Waals surface area (Å²) >= 11 is 0. The summed E-state index contributed by atoms with van der Waals surface area (Å²) < 4.78 is 0. The summed E-state index contributed by atoms with van der Waals surface area (Å²) in [6, 6.07) is 4.00. The Morgan fingerprint density at radius 1 is 1.64 bits per heavy atom. The van der Waals surface area contributed by atoms with Crippen molar-refractivity contribution >= 4 is 5.95 Å². The standard InChI is InChI=1S/C10H12N4/c1-7(8-2-3-8)13-10-12-5-4-9(6-11)14-10/h4-5,7-8H,2-3H2,1H3,(H,12,13,14). The van der Waals surface area contributed by atoms with Crippen molar-refractivity contribution in [1.29, 1.82) is 5.26 Å². The van der Waals surface area contributed by atoms with Gasteiger partial charge in [-0.2, -0.15) is 5.26 Å². The number of anilines is 1. The molecule has 1 aliphatic carbocycles. The van der Waals surface area contributed by atoms with Crippen molar-refractivity contribution in [2.45, 2.75) is 25.8 Å².